The number of rotatable bonds is 4. The molecule has 0 bridgehead atoms. The molecule has 1 aromatic carbocycles. The first-order chi connectivity index (χ1) is 14.3. The van der Waals surface area contributed by atoms with E-state index in [1.165, 1.54) is 18.2 Å². The summed E-state index contributed by atoms with van der Waals surface area (Å²) in [5.74, 6) is -0.576. The lowest BCUT2D eigenvalue weighted by atomic mass is 10.1. The summed E-state index contributed by atoms with van der Waals surface area (Å²) in [5, 5.41) is 15.1. The number of halogens is 2. The predicted octanol–water partition coefficient (Wildman–Crippen LogP) is 6.13. The van der Waals surface area contributed by atoms with Crippen LogP contribution in [0.2, 0.25) is 5.02 Å². The number of benzene rings is 1. The van der Waals surface area contributed by atoms with Crippen LogP contribution in [0.3, 0.4) is 0 Å². The van der Waals surface area contributed by atoms with Crippen molar-refractivity contribution < 1.29 is 18.7 Å². The molecule has 0 aliphatic rings. The van der Waals surface area contributed by atoms with Crippen LogP contribution in [0.5, 0.6) is 0 Å². The lowest BCUT2D eigenvalue weighted by Gasteiger charge is -2.08. The van der Waals surface area contributed by atoms with E-state index in [1.54, 1.807) is 12.3 Å². The van der Waals surface area contributed by atoms with E-state index in [-0.39, 0.29) is 10.9 Å². The summed E-state index contributed by atoms with van der Waals surface area (Å²) >= 11 is 5.87. The third-order valence-corrected chi connectivity index (χ3v) is 4.66. The predicted molar refractivity (Wildman–Crippen MR) is 113 cm³/mol. The van der Waals surface area contributed by atoms with Crippen LogP contribution in [-0.2, 0) is 0 Å². The molecule has 4 aromatic rings. The van der Waals surface area contributed by atoms with Gasteiger partial charge in [-0.3, -0.25) is 15.3 Å². The molecule has 3 N–H and O–H groups in total. The Hall–Kier alpha value is -3.65. The highest BCUT2D eigenvalue weighted by Crippen LogP contribution is 2.41. The van der Waals surface area contributed by atoms with Crippen LogP contribution >= 0.6 is 11.6 Å². The third-order valence-electron chi connectivity index (χ3n) is 4.37. The molecule has 152 valence electrons. The fourth-order valence-corrected chi connectivity index (χ4v) is 3.41. The van der Waals surface area contributed by atoms with Crippen molar-refractivity contribution in [2.75, 3.05) is 10.6 Å². The fourth-order valence-electron chi connectivity index (χ4n) is 3.23. The van der Waals surface area contributed by atoms with Gasteiger partial charge in [-0.25, -0.2) is 9.18 Å². The average molecular weight is 427 g/mol. The number of carboxylic acid groups (broad SMARTS) is 1. The maximum absolute atomic E-state index is 13.5. The smallest absolute Gasteiger partial charge is 0.411 e. The Labute approximate surface area is 175 Å². The molecule has 0 atom stereocenters. The molecule has 0 aliphatic heterocycles. The van der Waals surface area contributed by atoms with Crippen LogP contribution in [0.15, 0.2) is 47.0 Å². The molecule has 0 fully saturated rings. The Morgan fingerprint density at radius 1 is 1.17 bits per heavy atom. The van der Waals surface area contributed by atoms with Crippen molar-refractivity contribution in [3.8, 4) is 11.3 Å². The van der Waals surface area contributed by atoms with Crippen LogP contribution in [0.25, 0.3) is 22.2 Å². The number of anilines is 3. The van der Waals surface area contributed by atoms with Gasteiger partial charge in [-0.05, 0) is 50.2 Å². The Balaban J connectivity index is 1.90. The molecule has 0 spiro atoms. The number of hydrogen-bond acceptors (Lipinski definition) is 5. The molecule has 3 heterocycles. The van der Waals surface area contributed by atoms with Crippen LogP contribution < -0.4 is 10.6 Å². The van der Waals surface area contributed by atoms with Crippen LogP contribution in [0.1, 0.15) is 11.4 Å². The van der Waals surface area contributed by atoms with Crippen molar-refractivity contribution >= 4 is 45.9 Å². The van der Waals surface area contributed by atoms with E-state index < -0.39 is 11.9 Å². The largest absolute Gasteiger partial charge is 0.465 e. The number of pyridine rings is 2. The van der Waals surface area contributed by atoms with Gasteiger partial charge in [0.2, 0.25) is 5.88 Å². The molecule has 9 heteroatoms. The maximum atomic E-state index is 13.5. The number of fused-ring (bicyclic) bond motifs is 1. The minimum atomic E-state index is -1.29. The zero-order valence-electron chi connectivity index (χ0n) is 16.0. The minimum absolute atomic E-state index is 0.0188. The molecule has 1 amide bonds. The summed E-state index contributed by atoms with van der Waals surface area (Å²) in [6, 6.07) is 9.54. The molecule has 0 radical (unpaired) electrons. The number of amides is 1. The topological polar surface area (TPSA) is 100 Å². The third kappa shape index (κ3) is 3.77. The van der Waals surface area contributed by atoms with Gasteiger partial charge >= 0.3 is 6.09 Å². The Morgan fingerprint density at radius 2 is 1.90 bits per heavy atom. The summed E-state index contributed by atoms with van der Waals surface area (Å²) < 4.78 is 19.4. The highest BCUT2D eigenvalue weighted by atomic mass is 35.5. The first-order valence-corrected chi connectivity index (χ1v) is 9.29. The number of carbonyl (C=O) groups is 1. The molecular weight excluding hydrogens is 411 g/mol. The van der Waals surface area contributed by atoms with Gasteiger partial charge in [0.25, 0.3) is 0 Å². The van der Waals surface area contributed by atoms with E-state index in [1.807, 2.05) is 26.0 Å². The second-order valence-electron chi connectivity index (χ2n) is 6.67. The lowest BCUT2D eigenvalue weighted by Crippen LogP contribution is -2.07. The molecule has 0 saturated carbocycles. The van der Waals surface area contributed by atoms with E-state index in [4.69, 9.17) is 16.0 Å². The number of nitrogens with one attached hydrogen (secondary N) is 2. The average Bonchev–Trinajstić information content (AvgIpc) is 3.00. The van der Waals surface area contributed by atoms with Gasteiger partial charge in [0.05, 0.1) is 10.4 Å². The number of hydrogen-bond donors (Lipinski definition) is 3. The monoisotopic (exact) mass is 426 g/mol. The highest BCUT2D eigenvalue weighted by molar-refractivity contribution is 6.31. The van der Waals surface area contributed by atoms with Gasteiger partial charge in [-0.15, -0.1) is 0 Å². The van der Waals surface area contributed by atoms with Gasteiger partial charge < -0.3 is 14.8 Å². The molecular formula is C21H16ClFN4O3. The van der Waals surface area contributed by atoms with E-state index >= 15 is 0 Å². The normalized spacial score (nSPS) is 10.9. The number of furan rings is 1. The van der Waals surface area contributed by atoms with Gasteiger partial charge in [0.15, 0.2) is 5.58 Å². The first kappa shape index (κ1) is 19.7. The molecule has 4 rings (SSSR count). The number of nitrogens with zero attached hydrogens (tertiary/aromatic N) is 2. The van der Waals surface area contributed by atoms with Gasteiger partial charge in [-0.2, -0.15) is 0 Å². The highest BCUT2D eigenvalue weighted by Gasteiger charge is 2.21. The summed E-state index contributed by atoms with van der Waals surface area (Å²) in [6.45, 7) is 3.75. The maximum Gasteiger partial charge on any atom is 0.411 e. The number of aryl methyl sites for hydroxylation is 2. The lowest BCUT2D eigenvalue weighted by molar-refractivity contribution is 0.209. The van der Waals surface area contributed by atoms with Crippen molar-refractivity contribution in [3.05, 3.63) is 64.8 Å². The summed E-state index contributed by atoms with van der Waals surface area (Å²) in [6.07, 6.45) is 0.311. The zero-order valence-corrected chi connectivity index (χ0v) is 16.7. The summed E-state index contributed by atoms with van der Waals surface area (Å²) in [7, 11) is 0. The van der Waals surface area contributed by atoms with Crippen molar-refractivity contribution in [1.29, 1.82) is 0 Å². The van der Waals surface area contributed by atoms with Crippen LogP contribution in [-0.4, -0.2) is 21.2 Å². The van der Waals surface area contributed by atoms with E-state index in [0.29, 0.717) is 28.0 Å². The first-order valence-electron chi connectivity index (χ1n) is 8.91. The van der Waals surface area contributed by atoms with E-state index in [9.17, 15) is 14.3 Å². The summed E-state index contributed by atoms with van der Waals surface area (Å²) in [5.41, 5.74) is 4.18. The molecule has 0 unspecified atom stereocenters. The quantitative estimate of drug-likeness (QED) is 0.362. The van der Waals surface area contributed by atoms with Gasteiger partial charge in [-0.1, -0.05) is 11.6 Å². The zero-order chi connectivity index (χ0) is 21.4. The van der Waals surface area contributed by atoms with E-state index in [0.717, 1.165) is 17.0 Å². The SMILES string of the molecule is Cc1cc(-c2nccc3c(Nc4ccc(F)c(Cl)c4)c(NC(=O)O)oc23)cc(C)n1. The standard InChI is InChI=1S/C21H16ClFN4O3/c1-10-7-12(8-11(2)25-10)17-19-14(5-6-24-17)18(20(30-19)27-21(28)29)26-13-3-4-16(23)15(22)9-13/h3-9,26-27H,1-2H3,(H,28,29). The Kier molecular flexibility index (Phi) is 5.01. The van der Waals surface area contributed by atoms with Gasteiger partial charge in [0, 0.05) is 28.8 Å². The van der Waals surface area contributed by atoms with Crippen molar-refractivity contribution in [2.45, 2.75) is 13.8 Å². The fraction of sp³-hybridized carbons (Fsp3) is 0.0952. The summed E-state index contributed by atoms with van der Waals surface area (Å²) in [4.78, 5) is 20.1. The van der Waals surface area contributed by atoms with Crippen molar-refractivity contribution in [2.24, 2.45) is 0 Å². The van der Waals surface area contributed by atoms with Crippen molar-refractivity contribution in [3.63, 3.8) is 0 Å². The molecule has 0 aliphatic carbocycles. The number of aromatic nitrogens is 2. The van der Waals surface area contributed by atoms with Crippen LogP contribution in [0.4, 0.5) is 26.4 Å². The Morgan fingerprint density at radius 3 is 2.57 bits per heavy atom. The van der Waals surface area contributed by atoms with Crippen molar-refractivity contribution in [1.82, 2.24) is 9.97 Å². The Bertz CT molecular complexity index is 1270. The molecule has 3 aromatic heterocycles. The second kappa shape index (κ2) is 7.64. The molecule has 30 heavy (non-hydrogen) atoms. The second-order valence-corrected chi connectivity index (χ2v) is 7.07. The van der Waals surface area contributed by atoms with Gasteiger partial charge in [0.1, 0.15) is 17.2 Å². The van der Waals surface area contributed by atoms with E-state index in [2.05, 4.69) is 20.6 Å². The molecule has 0 saturated heterocycles. The van der Waals surface area contributed by atoms with Crippen LogP contribution in [0, 0.1) is 19.7 Å². The molecule has 7 nitrogen and oxygen atoms in total. The minimum Gasteiger partial charge on any atom is -0.465 e.